The maximum atomic E-state index is 12.3. The van der Waals surface area contributed by atoms with E-state index in [1.807, 2.05) is 25.1 Å². The Balaban J connectivity index is 1.97. The average Bonchev–Trinajstić information content (AvgIpc) is 2.80. The van der Waals surface area contributed by atoms with Crippen molar-refractivity contribution in [1.82, 2.24) is 4.98 Å². The predicted molar refractivity (Wildman–Crippen MR) is 83.8 cm³/mol. The molecule has 3 aromatic rings. The van der Waals surface area contributed by atoms with E-state index in [4.69, 9.17) is 0 Å². The van der Waals surface area contributed by atoms with Gasteiger partial charge in [-0.2, -0.15) is 0 Å². The molecule has 1 heterocycles. The lowest BCUT2D eigenvalue weighted by Gasteiger charge is -1.99. The standard InChI is InChI=1S/C14H11NO2S3/c1-10-7-8-12-13(9-10)18-14(15-12)19-20(16,17)11-5-3-2-4-6-11/h2-9H,1H3. The van der Waals surface area contributed by atoms with E-state index in [9.17, 15) is 8.42 Å². The van der Waals surface area contributed by atoms with Gasteiger partial charge >= 0.3 is 0 Å². The SMILES string of the molecule is Cc1ccc2nc(SS(=O)(=O)c3ccccc3)sc2c1. The first kappa shape index (κ1) is 13.6. The molecule has 0 fully saturated rings. The molecule has 0 amide bonds. The molecule has 0 saturated carbocycles. The summed E-state index contributed by atoms with van der Waals surface area (Å²) in [5.74, 6) is 0. The number of benzene rings is 2. The normalized spacial score (nSPS) is 11.8. The maximum absolute atomic E-state index is 12.3. The Hall–Kier alpha value is -1.37. The van der Waals surface area contributed by atoms with E-state index >= 15 is 0 Å². The minimum absolute atomic E-state index is 0.306. The van der Waals surface area contributed by atoms with E-state index in [0.717, 1.165) is 26.6 Å². The molecule has 0 saturated heterocycles. The van der Waals surface area contributed by atoms with Crippen LogP contribution in [0, 0.1) is 6.92 Å². The van der Waals surface area contributed by atoms with Crippen LogP contribution in [-0.2, 0) is 8.87 Å². The van der Waals surface area contributed by atoms with Crippen LogP contribution in [0.15, 0.2) is 57.8 Å². The van der Waals surface area contributed by atoms with E-state index in [1.165, 1.54) is 11.3 Å². The van der Waals surface area contributed by atoms with E-state index in [0.29, 0.717) is 9.24 Å². The summed E-state index contributed by atoms with van der Waals surface area (Å²) >= 11 is 1.41. The quantitative estimate of drug-likeness (QED) is 0.682. The van der Waals surface area contributed by atoms with Crippen LogP contribution in [0.4, 0.5) is 0 Å². The molecular formula is C14H11NO2S3. The molecule has 2 aromatic carbocycles. The number of hydrogen-bond acceptors (Lipinski definition) is 5. The number of aryl methyl sites for hydroxylation is 1. The fourth-order valence-corrected chi connectivity index (χ4v) is 6.30. The number of fused-ring (bicyclic) bond motifs is 1. The summed E-state index contributed by atoms with van der Waals surface area (Å²) in [6.45, 7) is 2.01. The lowest BCUT2D eigenvalue weighted by Crippen LogP contribution is -1.93. The van der Waals surface area contributed by atoms with Gasteiger partial charge in [-0.3, -0.25) is 0 Å². The molecule has 102 valence electrons. The largest absolute Gasteiger partial charge is 0.236 e. The van der Waals surface area contributed by atoms with Crippen molar-refractivity contribution in [3.63, 3.8) is 0 Å². The second kappa shape index (κ2) is 5.20. The number of thiazole rings is 1. The third-order valence-electron chi connectivity index (χ3n) is 2.74. The van der Waals surface area contributed by atoms with Crippen molar-refractivity contribution in [1.29, 1.82) is 0 Å². The molecule has 0 atom stereocenters. The summed E-state index contributed by atoms with van der Waals surface area (Å²) in [7, 11) is -2.60. The van der Waals surface area contributed by atoms with Crippen molar-refractivity contribution in [2.75, 3.05) is 0 Å². The first-order chi connectivity index (χ1) is 9.54. The summed E-state index contributed by atoms with van der Waals surface area (Å²) in [4.78, 5) is 4.67. The minimum atomic E-state index is -3.41. The van der Waals surface area contributed by atoms with Crippen LogP contribution in [0.25, 0.3) is 10.2 Å². The zero-order valence-corrected chi connectivity index (χ0v) is 13.1. The van der Waals surface area contributed by atoms with Gasteiger partial charge in [0.15, 0.2) is 4.34 Å². The zero-order chi connectivity index (χ0) is 14.2. The lowest BCUT2D eigenvalue weighted by molar-refractivity contribution is 0.610. The van der Waals surface area contributed by atoms with Crippen LogP contribution in [0.3, 0.4) is 0 Å². The summed E-state index contributed by atoms with van der Waals surface area (Å²) in [6, 6.07) is 14.3. The van der Waals surface area contributed by atoms with E-state index in [-0.39, 0.29) is 0 Å². The zero-order valence-electron chi connectivity index (χ0n) is 10.6. The molecule has 1 aromatic heterocycles. The number of rotatable bonds is 3. The molecule has 6 heteroatoms. The average molecular weight is 321 g/mol. The molecule has 3 rings (SSSR count). The molecule has 0 aliphatic heterocycles. The smallest absolute Gasteiger partial charge is 0.229 e. The number of aromatic nitrogens is 1. The fraction of sp³-hybridized carbons (Fsp3) is 0.0714. The Bertz CT molecular complexity index is 855. The van der Waals surface area contributed by atoms with Gasteiger partial charge in [0.25, 0.3) is 0 Å². The van der Waals surface area contributed by atoms with Gasteiger partial charge in [0, 0.05) is 10.8 Å². The van der Waals surface area contributed by atoms with Gasteiger partial charge in [0.2, 0.25) is 8.87 Å². The predicted octanol–water partition coefficient (Wildman–Crippen LogP) is 4.09. The molecule has 0 unspecified atom stereocenters. The van der Waals surface area contributed by atoms with Crippen LogP contribution in [0.1, 0.15) is 5.56 Å². The Kier molecular flexibility index (Phi) is 3.54. The highest BCUT2D eigenvalue weighted by molar-refractivity contribution is 8.72. The fourth-order valence-electron chi connectivity index (χ4n) is 1.78. The second-order valence-corrected chi connectivity index (χ2v) is 9.34. The molecule has 0 aliphatic rings. The van der Waals surface area contributed by atoms with Crippen molar-refractivity contribution in [2.24, 2.45) is 0 Å². The summed E-state index contributed by atoms with van der Waals surface area (Å²) < 4.78 is 26.1. The van der Waals surface area contributed by atoms with Gasteiger partial charge in [-0.15, -0.1) is 11.3 Å². The van der Waals surface area contributed by atoms with Gasteiger partial charge in [-0.1, -0.05) is 24.3 Å². The lowest BCUT2D eigenvalue weighted by atomic mass is 10.2. The highest BCUT2D eigenvalue weighted by Crippen LogP contribution is 2.36. The Morgan fingerprint density at radius 2 is 1.85 bits per heavy atom. The van der Waals surface area contributed by atoms with E-state index in [1.54, 1.807) is 30.3 Å². The van der Waals surface area contributed by atoms with Crippen LogP contribution in [0.2, 0.25) is 0 Å². The van der Waals surface area contributed by atoms with Gasteiger partial charge in [0.05, 0.1) is 15.1 Å². The monoisotopic (exact) mass is 321 g/mol. The molecule has 0 bridgehead atoms. The third kappa shape index (κ3) is 2.72. The maximum Gasteiger partial charge on any atom is 0.236 e. The first-order valence-corrected chi connectivity index (χ1v) is 9.55. The van der Waals surface area contributed by atoms with Gasteiger partial charge in [-0.25, -0.2) is 13.4 Å². The minimum Gasteiger partial charge on any atom is -0.229 e. The molecule has 0 radical (unpaired) electrons. The molecule has 0 spiro atoms. The molecular weight excluding hydrogens is 310 g/mol. The summed E-state index contributed by atoms with van der Waals surface area (Å²) in [6.07, 6.45) is 0. The molecule has 0 aliphatic carbocycles. The van der Waals surface area contributed by atoms with Crippen molar-refractivity contribution in [3.05, 3.63) is 54.1 Å². The first-order valence-electron chi connectivity index (χ1n) is 5.91. The van der Waals surface area contributed by atoms with Crippen molar-refractivity contribution < 1.29 is 8.42 Å². The molecule has 3 nitrogen and oxygen atoms in total. The van der Waals surface area contributed by atoms with Crippen LogP contribution >= 0.6 is 22.1 Å². The highest BCUT2D eigenvalue weighted by atomic mass is 33.1. The highest BCUT2D eigenvalue weighted by Gasteiger charge is 2.18. The Labute approximate surface area is 125 Å². The third-order valence-corrected chi connectivity index (χ3v) is 7.38. The van der Waals surface area contributed by atoms with Crippen molar-refractivity contribution >= 4 is 41.2 Å². The van der Waals surface area contributed by atoms with Gasteiger partial charge in [0.1, 0.15) is 0 Å². The van der Waals surface area contributed by atoms with E-state index < -0.39 is 8.87 Å². The Morgan fingerprint density at radius 3 is 2.60 bits per heavy atom. The summed E-state index contributed by atoms with van der Waals surface area (Å²) in [5.41, 5.74) is 1.98. The second-order valence-electron chi connectivity index (χ2n) is 4.30. The van der Waals surface area contributed by atoms with Crippen LogP contribution in [0.5, 0.6) is 0 Å². The van der Waals surface area contributed by atoms with Crippen molar-refractivity contribution in [3.8, 4) is 0 Å². The molecule has 20 heavy (non-hydrogen) atoms. The molecule has 0 N–H and O–H groups in total. The van der Waals surface area contributed by atoms with E-state index in [2.05, 4.69) is 4.98 Å². The van der Waals surface area contributed by atoms with Gasteiger partial charge < -0.3 is 0 Å². The topological polar surface area (TPSA) is 47.0 Å². The number of hydrogen-bond donors (Lipinski definition) is 0. The van der Waals surface area contributed by atoms with Gasteiger partial charge in [-0.05, 0) is 36.8 Å². The van der Waals surface area contributed by atoms with Crippen molar-refractivity contribution in [2.45, 2.75) is 16.2 Å². The Morgan fingerprint density at radius 1 is 1.10 bits per heavy atom. The number of nitrogens with zero attached hydrogens (tertiary/aromatic N) is 1. The summed E-state index contributed by atoms with van der Waals surface area (Å²) in [5, 5.41) is 0. The van der Waals surface area contributed by atoms with Crippen LogP contribution in [-0.4, -0.2) is 13.4 Å². The van der Waals surface area contributed by atoms with Crippen LogP contribution < -0.4 is 0 Å².